The third-order valence-corrected chi connectivity index (χ3v) is 2.70. The van der Waals surface area contributed by atoms with Crippen LogP contribution in [-0.2, 0) is 6.54 Å². The van der Waals surface area contributed by atoms with Gasteiger partial charge in [-0.15, -0.1) is 0 Å². The van der Waals surface area contributed by atoms with E-state index in [9.17, 15) is 4.39 Å². The van der Waals surface area contributed by atoms with E-state index in [2.05, 4.69) is 15.0 Å². The molecule has 0 amide bonds. The van der Waals surface area contributed by atoms with E-state index in [1.54, 1.807) is 12.1 Å². The van der Waals surface area contributed by atoms with Crippen molar-refractivity contribution in [1.82, 2.24) is 15.0 Å². The van der Waals surface area contributed by atoms with Gasteiger partial charge >= 0.3 is 0 Å². The van der Waals surface area contributed by atoms with Crippen LogP contribution in [0, 0.1) is 5.82 Å². The van der Waals surface area contributed by atoms with Crippen LogP contribution in [0.5, 0.6) is 0 Å². The van der Waals surface area contributed by atoms with Gasteiger partial charge in [-0.1, -0.05) is 0 Å². The van der Waals surface area contributed by atoms with E-state index in [0.717, 1.165) is 0 Å². The Labute approximate surface area is 102 Å². The molecule has 3 aromatic rings. The average Bonchev–Trinajstić information content (AvgIpc) is 2.37. The number of anilines is 1. The highest BCUT2D eigenvalue weighted by molar-refractivity contribution is 5.95. The minimum absolute atomic E-state index is 0.198. The number of aromatic nitrogens is 3. The van der Waals surface area contributed by atoms with E-state index in [1.165, 1.54) is 12.1 Å². The van der Waals surface area contributed by atoms with Crippen molar-refractivity contribution in [2.45, 2.75) is 6.54 Å². The lowest BCUT2D eigenvalue weighted by Crippen LogP contribution is -2.06. The SMILES string of the molecule is NCc1nc(N)c2cc3cc(F)ccc3nc2n1. The van der Waals surface area contributed by atoms with E-state index < -0.39 is 0 Å². The van der Waals surface area contributed by atoms with E-state index >= 15 is 0 Å². The zero-order chi connectivity index (χ0) is 12.7. The number of hydrogen-bond donors (Lipinski definition) is 2. The summed E-state index contributed by atoms with van der Waals surface area (Å²) in [5.74, 6) is 0.426. The first-order valence-corrected chi connectivity index (χ1v) is 5.40. The van der Waals surface area contributed by atoms with Gasteiger partial charge in [0.1, 0.15) is 17.5 Å². The second kappa shape index (κ2) is 3.85. The number of pyridine rings is 1. The molecule has 0 radical (unpaired) electrons. The maximum Gasteiger partial charge on any atom is 0.165 e. The Morgan fingerprint density at radius 1 is 1.11 bits per heavy atom. The lowest BCUT2D eigenvalue weighted by atomic mass is 10.2. The highest BCUT2D eigenvalue weighted by Gasteiger charge is 2.08. The summed E-state index contributed by atoms with van der Waals surface area (Å²) < 4.78 is 13.1. The molecular weight excluding hydrogens is 233 g/mol. The lowest BCUT2D eigenvalue weighted by molar-refractivity contribution is 0.629. The fourth-order valence-electron chi connectivity index (χ4n) is 1.85. The van der Waals surface area contributed by atoms with Crippen molar-refractivity contribution in [2.24, 2.45) is 5.73 Å². The Balaban J connectivity index is 2.41. The summed E-state index contributed by atoms with van der Waals surface area (Å²) in [5, 5.41) is 1.27. The predicted molar refractivity (Wildman–Crippen MR) is 67.1 cm³/mol. The van der Waals surface area contributed by atoms with Crippen LogP contribution in [0.25, 0.3) is 21.9 Å². The average molecular weight is 243 g/mol. The van der Waals surface area contributed by atoms with Gasteiger partial charge in [-0.25, -0.2) is 19.3 Å². The van der Waals surface area contributed by atoms with Gasteiger partial charge in [0.05, 0.1) is 17.4 Å². The van der Waals surface area contributed by atoms with Gasteiger partial charge in [0.15, 0.2) is 5.65 Å². The first kappa shape index (κ1) is 10.8. The van der Waals surface area contributed by atoms with Gasteiger partial charge in [0.2, 0.25) is 0 Å². The van der Waals surface area contributed by atoms with Gasteiger partial charge in [-0.2, -0.15) is 0 Å². The molecule has 90 valence electrons. The second-order valence-electron chi connectivity index (χ2n) is 3.93. The van der Waals surface area contributed by atoms with Gasteiger partial charge in [-0.3, -0.25) is 0 Å². The van der Waals surface area contributed by atoms with Crippen LogP contribution in [0.1, 0.15) is 5.82 Å². The Kier molecular flexibility index (Phi) is 2.31. The molecule has 5 nitrogen and oxygen atoms in total. The number of benzene rings is 1. The van der Waals surface area contributed by atoms with E-state index in [4.69, 9.17) is 11.5 Å². The van der Waals surface area contributed by atoms with Crippen molar-refractivity contribution in [1.29, 1.82) is 0 Å². The molecule has 0 fully saturated rings. The molecule has 2 aromatic heterocycles. The number of fused-ring (bicyclic) bond motifs is 2. The number of nitrogens with zero attached hydrogens (tertiary/aromatic N) is 3. The molecule has 2 heterocycles. The number of nitrogens with two attached hydrogens (primary N) is 2. The van der Waals surface area contributed by atoms with Crippen molar-refractivity contribution in [2.75, 3.05) is 5.73 Å². The molecule has 0 saturated carbocycles. The molecule has 0 unspecified atom stereocenters. The molecule has 0 atom stereocenters. The van der Waals surface area contributed by atoms with Crippen molar-refractivity contribution >= 4 is 27.8 Å². The number of nitrogen functional groups attached to an aromatic ring is 1. The third kappa shape index (κ3) is 1.63. The summed E-state index contributed by atoms with van der Waals surface area (Å²) in [6.07, 6.45) is 0. The molecule has 0 aliphatic rings. The molecule has 18 heavy (non-hydrogen) atoms. The summed E-state index contributed by atoms with van der Waals surface area (Å²) in [6.45, 7) is 0.198. The third-order valence-electron chi connectivity index (χ3n) is 2.70. The highest BCUT2D eigenvalue weighted by atomic mass is 19.1. The first-order chi connectivity index (χ1) is 8.67. The molecule has 0 spiro atoms. The van der Waals surface area contributed by atoms with Crippen LogP contribution in [0.4, 0.5) is 10.2 Å². The molecule has 3 rings (SSSR count). The van der Waals surface area contributed by atoms with Gasteiger partial charge in [0, 0.05) is 5.39 Å². The van der Waals surface area contributed by atoms with Gasteiger partial charge < -0.3 is 11.5 Å². The summed E-state index contributed by atoms with van der Waals surface area (Å²) in [5.41, 5.74) is 12.4. The maximum atomic E-state index is 13.1. The van der Waals surface area contributed by atoms with E-state index in [0.29, 0.717) is 33.6 Å². The van der Waals surface area contributed by atoms with Crippen LogP contribution >= 0.6 is 0 Å². The topological polar surface area (TPSA) is 90.7 Å². The minimum Gasteiger partial charge on any atom is -0.383 e. The van der Waals surface area contributed by atoms with Gasteiger partial charge in [0.25, 0.3) is 0 Å². The van der Waals surface area contributed by atoms with Crippen LogP contribution in [0.15, 0.2) is 24.3 Å². The van der Waals surface area contributed by atoms with Crippen LogP contribution in [-0.4, -0.2) is 15.0 Å². The van der Waals surface area contributed by atoms with E-state index in [-0.39, 0.29) is 12.4 Å². The summed E-state index contributed by atoms with van der Waals surface area (Å²) in [6, 6.07) is 6.09. The summed E-state index contributed by atoms with van der Waals surface area (Å²) in [4.78, 5) is 12.6. The largest absolute Gasteiger partial charge is 0.383 e. The van der Waals surface area contributed by atoms with Crippen LogP contribution in [0.3, 0.4) is 0 Å². The second-order valence-corrected chi connectivity index (χ2v) is 3.93. The van der Waals surface area contributed by atoms with Crippen molar-refractivity contribution in [3.8, 4) is 0 Å². The Morgan fingerprint density at radius 3 is 2.72 bits per heavy atom. The maximum absolute atomic E-state index is 13.1. The van der Waals surface area contributed by atoms with Crippen molar-refractivity contribution < 1.29 is 4.39 Å². The zero-order valence-corrected chi connectivity index (χ0v) is 9.39. The Morgan fingerprint density at radius 2 is 1.94 bits per heavy atom. The quantitative estimate of drug-likeness (QED) is 0.630. The normalized spacial score (nSPS) is 11.2. The smallest absolute Gasteiger partial charge is 0.165 e. The van der Waals surface area contributed by atoms with Crippen LogP contribution in [0.2, 0.25) is 0 Å². The predicted octanol–water partition coefficient (Wildman–Crippen LogP) is 1.36. The molecule has 1 aromatic carbocycles. The standard InChI is InChI=1S/C12H10FN5/c13-7-1-2-9-6(3-7)4-8-11(15)17-10(5-14)18-12(8)16-9/h1-4H,5,14H2,(H2,15,16,17,18). The number of halogens is 1. The number of hydrogen-bond acceptors (Lipinski definition) is 5. The summed E-state index contributed by atoms with van der Waals surface area (Å²) >= 11 is 0. The molecule has 0 saturated heterocycles. The van der Waals surface area contributed by atoms with Crippen LogP contribution < -0.4 is 11.5 Å². The zero-order valence-electron chi connectivity index (χ0n) is 9.39. The van der Waals surface area contributed by atoms with Gasteiger partial charge in [-0.05, 0) is 24.3 Å². The van der Waals surface area contributed by atoms with E-state index in [1.807, 2.05) is 0 Å². The molecule has 0 aliphatic heterocycles. The fourth-order valence-corrected chi connectivity index (χ4v) is 1.85. The molecular formula is C12H10FN5. The molecule has 4 N–H and O–H groups in total. The Hall–Kier alpha value is -2.34. The molecule has 0 aliphatic carbocycles. The highest BCUT2D eigenvalue weighted by Crippen LogP contribution is 2.22. The van der Waals surface area contributed by atoms with Crippen molar-refractivity contribution in [3.05, 3.63) is 35.9 Å². The minimum atomic E-state index is -0.318. The lowest BCUT2D eigenvalue weighted by Gasteiger charge is -2.05. The summed E-state index contributed by atoms with van der Waals surface area (Å²) in [7, 11) is 0. The Bertz CT molecular complexity index is 756. The molecule has 0 bridgehead atoms. The monoisotopic (exact) mass is 243 g/mol. The number of rotatable bonds is 1. The molecule has 6 heteroatoms. The fraction of sp³-hybridized carbons (Fsp3) is 0.0833. The van der Waals surface area contributed by atoms with Crippen molar-refractivity contribution in [3.63, 3.8) is 0 Å². The first-order valence-electron chi connectivity index (χ1n) is 5.40.